The molecule has 0 spiro atoms. The number of benzene rings is 1. The van der Waals surface area contributed by atoms with Gasteiger partial charge in [0.2, 0.25) is 17.6 Å². The van der Waals surface area contributed by atoms with Crippen molar-refractivity contribution in [1.29, 1.82) is 0 Å². The number of anilines is 1. The Balaban J connectivity index is 1.18. The molecule has 3 N–H and O–H groups in total. The van der Waals surface area contributed by atoms with Gasteiger partial charge in [-0.1, -0.05) is 29.4 Å². The van der Waals surface area contributed by atoms with Crippen molar-refractivity contribution in [3.8, 4) is 11.5 Å². The van der Waals surface area contributed by atoms with Gasteiger partial charge >= 0.3 is 0 Å². The lowest BCUT2D eigenvalue weighted by Crippen LogP contribution is -2.26. The van der Waals surface area contributed by atoms with Crippen molar-refractivity contribution < 1.29 is 9.32 Å². The van der Waals surface area contributed by atoms with Crippen LogP contribution in [0.3, 0.4) is 0 Å². The number of fused-ring (bicyclic) bond motifs is 1. The Labute approximate surface area is 177 Å². The van der Waals surface area contributed by atoms with Gasteiger partial charge in [0.15, 0.2) is 5.82 Å². The minimum Gasteiger partial charge on any atom is -0.368 e. The van der Waals surface area contributed by atoms with E-state index in [2.05, 4.69) is 36.0 Å². The molecule has 0 aliphatic carbocycles. The van der Waals surface area contributed by atoms with Crippen molar-refractivity contribution in [3.05, 3.63) is 64.9 Å². The van der Waals surface area contributed by atoms with Crippen molar-refractivity contribution in [2.75, 3.05) is 18.4 Å². The average Bonchev–Trinajstić information content (AvgIpc) is 3.29. The van der Waals surface area contributed by atoms with Gasteiger partial charge in [-0.25, -0.2) is 5.10 Å². The Kier molecular flexibility index (Phi) is 6.26. The number of H-pyrrole nitrogens is 1. The highest BCUT2D eigenvalue weighted by Gasteiger charge is 2.11. The van der Waals surface area contributed by atoms with E-state index in [-0.39, 0.29) is 17.9 Å². The normalized spacial score (nSPS) is 10.8. The lowest BCUT2D eigenvalue weighted by atomic mass is 10.2. The maximum absolute atomic E-state index is 12.1. The molecule has 0 aliphatic heterocycles. The van der Waals surface area contributed by atoms with Crippen LogP contribution >= 0.6 is 0 Å². The maximum Gasteiger partial charge on any atom is 0.272 e. The minimum absolute atomic E-state index is 0.0924. The fourth-order valence-electron chi connectivity index (χ4n) is 3.04. The molecule has 1 aromatic carbocycles. The number of hydrogen-bond donors (Lipinski definition) is 3. The SMILES string of the molecule is O=C(CCc1nc(-c2ccccn2)no1)NCCCNc1n[nH]c(=O)c2ccccc12. The maximum atomic E-state index is 12.1. The van der Waals surface area contributed by atoms with Crippen LogP contribution in [0.1, 0.15) is 18.7 Å². The fourth-order valence-corrected chi connectivity index (χ4v) is 3.04. The molecule has 0 aliphatic rings. The Morgan fingerprint density at radius 2 is 1.90 bits per heavy atom. The fraction of sp³-hybridized carbons (Fsp3) is 0.238. The molecule has 0 unspecified atom stereocenters. The molecule has 10 heteroatoms. The van der Waals surface area contributed by atoms with Gasteiger partial charge in [-0.15, -0.1) is 0 Å². The van der Waals surface area contributed by atoms with Crippen LogP contribution in [0.2, 0.25) is 0 Å². The first kappa shape index (κ1) is 20.2. The number of carbonyl (C=O) groups is 1. The van der Waals surface area contributed by atoms with Crippen LogP contribution in [0, 0.1) is 0 Å². The molecule has 4 aromatic rings. The second kappa shape index (κ2) is 9.61. The van der Waals surface area contributed by atoms with Crippen LogP contribution in [0.4, 0.5) is 5.82 Å². The summed E-state index contributed by atoms with van der Waals surface area (Å²) in [5.41, 5.74) is 0.404. The predicted molar refractivity (Wildman–Crippen MR) is 114 cm³/mol. The number of nitrogens with one attached hydrogen (secondary N) is 3. The summed E-state index contributed by atoms with van der Waals surface area (Å²) < 4.78 is 5.18. The van der Waals surface area contributed by atoms with Crippen molar-refractivity contribution in [2.24, 2.45) is 0 Å². The number of aromatic nitrogens is 5. The summed E-state index contributed by atoms with van der Waals surface area (Å²) in [6, 6.07) is 12.7. The molecule has 0 saturated carbocycles. The summed E-state index contributed by atoms with van der Waals surface area (Å²) in [5.74, 6) is 1.32. The lowest BCUT2D eigenvalue weighted by Gasteiger charge is -2.08. The number of aryl methyl sites for hydroxylation is 1. The van der Waals surface area contributed by atoms with Gasteiger partial charge in [0, 0.05) is 37.5 Å². The quantitative estimate of drug-likeness (QED) is 0.350. The Hall–Kier alpha value is -4.08. The van der Waals surface area contributed by atoms with Gasteiger partial charge in [-0.2, -0.15) is 10.1 Å². The molecule has 10 nitrogen and oxygen atoms in total. The average molecular weight is 419 g/mol. The van der Waals surface area contributed by atoms with Crippen molar-refractivity contribution in [2.45, 2.75) is 19.3 Å². The molecule has 31 heavy (non-hydrogen) atoms. The largest absolute Gasteiger partial charge is 0.368 e. The van der Waals surface area contributed by atoms with Gasteiger partial charge in [0.25, 0.3) is 5.56 Å². The predicted octanol–water partition coefficient (Wildman–Crippen LogP) is 1.92. The summed E-state index contributed by atoms with van der Waals surface area (Å²) in [6.45, 7) is 1.11. The Morgan fingerprint density at radius 1 is 1.06 bits per heavy atom. The first-order chi connectivity index (χ1) is 15.2. The zero-order chi connectivity index (χ0) is 21.5. The molecule has 0 bridgehead atoms. The zero-order valence-corrected chi connectivity index (χ0v) is 16.7. The molecule has 0 fully saturated rings. The highest BCUT2D eigenvalue weighted by molar-refractivity contribution is 5.90. The number of nitrogens with zero attached hydrogens (tertiary/aromatic N) is 4. The molecular formula is C21H21N7O3. The molecule has 3 aromatic heterocycles. The molecule has 158 valence electrons. The van der Waals surface area contributed by atoms with Gasteiger partial charge in [0.05, 0.1) is 5.39 Å². The number of aromatic amines is 1. The smallest absolute Gasteiger partial charge is 0.272 e. The van der Waals surface area contributed by atoms with Gasteiger partial charge in [-0.05, 0) is 24.6 Å². The Bertz CT molecular complexity index is 1220. The van der Waals surface area contributed by atoms with Gasteiger partial charge in [0.1, 0.15) is 5.69 Å². The molecule has 4 rings (SSSR count). The summed E-state index contributed by atoms with van der Waals surface area (Å²) in [4.78, 5) is 32.3. The van der Waals surface area contributed by atoms with Gasteiger partial charge in [-0.3, -0.25) is 14.6 Å². The van der Waals surface area contributed by atoms with E-state index in [4.69, 9.17) is 4.52 Å². The summed E-state index contributed by atoms with van der Waals surface area (Å²) in [6.07, 6.45) is 2.97. The second-order valence-corrected chi connectivity index (χ2v) is 6.80. The van der Waals surface area contributed by atoms with Crippen LogP contribution in [0.15, 0.2) is 58.0 Å². The van der Waals surface area contributed by atoms with E-state index < -0.39 is 0 Å². The molecule has 1 amide bonds. The molecule has 3 heterocycles. The number of rotatable bonds is 9. The topological polar surface area (TPSA) is 139 Å². The molecule has 0 atom stereocenters. The third-order valence-corrected chi connectivity index (χ3v) is 4.59. The standard InChI is InChI=1S/C21H21N7O3/c29-17(9-10-18-25-20(28-31-18)16-8-3-4-11-22-16)23-12-5-13-24-19-14-6-1-2-7-15(14)21(30)27-26-19/h1-4,6-8,11H,5,9-10,12-13H2,(H,23,29)(H,24,26)(H,27,30). The van der Waals surface area contributed by atoms with E-state index in [1.54, 1.807) is 18.3 Å². The van der Waals surface area contributed by atoms with E-state index in [1.165, 1.54) is 0 Å². The van der Waals surface area contributed by atoms with Gasteiger partial charge < -0.3 is 15.2 Å². The van der Waals surface area contributed by atoms with Crippen LogP contribution in [-0.4, -0.2) is 44.3 Å². The summed E-state index contributed by atoms with van der Waals surface area (Å²) >= 11 is 0. The second-order valence-electron chi connectivity index (χ2n) is 6.80. The highest BCUT2D eigenvalue weighted by Crippen LogP contribution is 2.16. The summed E-state index contributed by atoms with van der Waals surface area (Å²) in [7, 11) is 0. The van der Waals surface area contributed by atoms with Crippen molar-refractivity contribution in [3.63, 3.8) is 0 Å². The lowest BCUT2D eigenvalue weighted by molar-refractivity contribution is -0.121. The number of pyridine rings is 1. The third-order valence-electron chi connectivity index (χ3n) is 4.59. The Morgan fingerprint density at radius 3 is 2.74 bits per heavy atom. The third kappa shape index (κ3) is 5.10. The van der Waals surface area contributed by atoms with E-state index >= 15 is 0 Å². The number of amides is 1. The molecule has 0 saturated heterocycles. The first-order valence-electron chi connectivity index (χ1n) is 9.93. The number of hydrogen-bond acceptors (Lipinski definition) is 8. The van der Waals surface area contributed by atoms with E-state index in [9.17, 15) is 9.59 Å². The highest BCUT2D eigenvalue weighted by atomic mass is 16.5. The molecule has 0 radical (unpaired) electrons. The monoisotopic (exact) mass is 419 g/mol. The van der Waals surface area contributed by atoms with E-state index in [1.807, 2.05) is 30.3 Å². The van der Waals surface area contributed by atoms with Crippen molar-refractivity contribution in [1.82, 2.24) is 30.6 Å². The van der Waals surface area contributed by atoms with E-state index in [0.717, 1.165) is 5.39 Å². The first-order valence-corrected chi connectivity index (χ1v) is 9.93. The van der Waals surface area contributed by atoms with E-state index in [0.29, 0.717) is 54.5 Å². The molecular weight excluding hydrogens is 398 g/mol. The minimum atomic E-state index is -0.221. The van der Waals surface area contributed by atoms with Crippen LogP contribution in [-0.2, 0) is 11.2 Å². The number of carbonyl (C=O) groups excluding carboxylic acids is 1. The van der Waals surface area contributed by atoms with Crippen LogP contribution in [0.5, 0.6) is 0 Å². The summed E-state index contributed by atoms with van der Waals surface area (Å²) in [5, 5.41) is 17.8. The van der Waals surface area contributed by atoms with Crippen LogP contribution < -0.4 is 16.2 Å². The zero-order valence-electron chi connectivity index (χ0n) is 16.7. The van der Waals surface area contributed by atoms with Crippen LogP contribution in [0.25, 0.3) is 22.3 Å². The van der Waals surface area contributed by atoms with Crippen molar-refractivity contribution >= 4 is 22.5 Å².